The summed E-state index contributed by atoms with van der Waals surface area (Å²) in [7, 11) is 0. The van der Waals surface area contributed by atoms with Gasteiger partial charge in [-0.2, -0.15) is 5.10 Å². The molecule has 1 aliphatic heterocycles. The minimum absolute atomic E-state index is 0.295. The van der Waals surface area contributed by atoms with Crippen LogP contribution in [0.3, 0.4) is 0 Å². The van der Waals surface area contributed by atoms with E-state index in [2.05, 4.69) is 27.2 Å². The lowest BCUT2D eigenvalue weighted by molar-refractivity contribution is -0.138. The van der Waals surface area contributed by atoms with Gasteiger partial charge in [0.15, 0.2) is 5.82 Å². The molecule has 1 aromatic heterocycles. The first kappa shape index (κ1) is 13.5. The molecule has 1 amide bonds. The zero-order valence-electron chi connectivity index (χ0n) is 12.6. The van der Waals surface area contributed by atoms with Crippen molar-refractivity contribution in [3.63, 3.8) is 0 Å². The Morgan fingerprint density at radius 3 is 2.59 bits per heavy atom. The largest absolute Gasteiger partial charge is 0.351 e. The van der Waals surface area contributed by atoms with Gasteiger partial charge < -0.3 is 9.80 Å². The van der Waals surface area contributed by atoms with Gasteiger partial charge in [-0.05, 0) is 12.8 Å². The van der Waals surface area contributed by atoms with Gasteiger partial charge in [0.25, 0.3) is 0 Å². The van der Waals surface area contributed by atoms with Crippen LogP contribution in [-0.4, -0.2) is 47.2 Å². The molecule has 1 saturated heterocycles. The number of amides is 1. The average Bonchev–Trinajstić information content (AvgIpc) is 2.53. The van der Waals surface area contributed by atoms with E-state index in [4.69, 9.17) is 0 Å². The summed E-state index contributed by atoms with van der Waals surface area (Å²) in [6, 6.07) is 8.20. The fraction of sp³-hybridized carbons (Fsp3) is 0.471. The SMILES string of the molecule is O=C(C1CCC1)N1CCN(c2nncc3ccccc23)CC1. The third-order valence-corrected chi connectivity index (χ3v) is 4.90. The predicted molar refractivity (Wildman–Crippen MR) is 85.7 cm³/mol. The van der Waals surface area contributed by atoms with E-state index in [0.29, 0.717) is 11.8 Å². The molecule has 1 aromatic carbocycles. The summed E-state index contributed by atoms with van der Waals surface area (Å²) in [6.07, 6.45) is 5.17. The van der Waals surface area contributed by atoms with Gasteiger partial charge in [0.1, 0.15) is 0 Å². The zero-order chi connectivity index (χ0) is 14.9. The summed E-state index contributed by atoms with van der Waals surface area (Å²) in [5.41, 5.74) is 0. The van der Waals surface area contributed by atoms with Crippen LogP contribution >= 0.6 is 0 Å². The summed E-state index contributed by atoms with van der Waals surface area (Å²) < 4.78 is 0. The molecule has 2 heterocycles. The topological polar surface area (TPSA) is 49.3 Å². The molecular weight excluding hydrogens is 276 g/mol. The van der Waals surface area contributed by atoms with Crippen LogP contribution in [0.1, 0.15) is 19.3 Å². The number of hydrogen-bond donors (Lipinski definition) is 0. The molecule has 1 aliphatic carbocycles. The van der Waals surface area contributed by atoms with Gasteiger partial charge in [-0.1, -0.05) is 30.7 Å². The number of anilines is 1. The highest BCUT2D eigenvalue weighted by Crippen LogP contribution is 2.29. The first-order chi connectivity index (χ1) is 10.8. The van der Waals surface area contributed by atoms with Gasteiger partial charge in [-0.3, -0.25) is 4.79 Å². The fourth-order valence-corrected chi connectivity index (χ4v) is 3.30. The van der Waals surface area contributed by atoms with Crippen molar-refractivity contribution in [2.45, 2.75) is 19.3 Å². The van der Waals surface area contributed by atoms with E-state index in [1.165, 1.54) is 6.42 Å². The summed E-state index contributed by atoms with van der Waals surface area (Å²) in [6.45, 7) is 3.25. The van der Waals surface area contributed by atoms with Gasteiger partial charge in [0, 0.05) is 42.9 Å². The summed E-state index contributed by atoms with van der Waals surface area (Å²) in [4.78, 5) is 16.6. The quantitative estimate of drug-likeness (QED) is 0.851. The van der Waals surface area contributed by atoms with Crippen molar-refractivity contribution < 1.29 is 4.79 Å². The maximum atomic E-state index is 12.3. The van der Waals surface area contributed by atoms with Crippen LogP contribution < -0.4 is 4.90 Å². The molecule has 5 heteroatoms. The second kappa shape index (κ2) is 5.55. The minimum atomic E-state index is 0.295. The number of hydrogen-bond acceptors (Lipinski definition) is 4. The van der Waals surface area contributed by atoms with E-state index in [1.54, 1.807) is 6.20 Å². The molecule has 2 aromatic rings. The van der Waals surface area contributed by atoms with E-state index >= 15 is 0 Å². The Hall–Kier alpha value is -2.17. The maximum Gasteiger partial charge on any atom is 0.225 e. The molecule has 0 atom stereocenters. The Bertz CT molecular complexity index is 685. The van der Waals surface area contributed by atoms with E-state index in [9.17, 15) is 4.79 Å². The van der Waals surface area contributed by atoms with Crippen LogP contribution in [0.25, 0.3) is 10.8 Å². The number of nitrogens with zero attached hydrogens (tertiary/aromatic N) is 4. The molecule has 1 saturated carbocycles. The number of carbonyl (C=O) groups is 1. The second-order valence-electron chi connectivity index (χ2n) is 6.20. The highest BCUT2D eigenvalue weighted by Gasteiger charge is 2.31. The van der Waals surface area contributed by atoms with Gasteiger partial charge >= 0.3 is 0 Å². The first-order valence-electron chi connectivity index (χ1n) is 8.07. The molecule has 4 rings (SSSR count). The van der Waals surface area contributed by atoms with Crippen LogP contribution in [0.15, 0.2) is 30.5 Å². The highest BCUT2D eigenvalue weighted by molar-refractivity contribution is 5.91. The molecule has 0 bridgehead atoms. The van der Waals surface area contributed by atoms with Crippen molar-refractivity contribution >= 4 is 22.5 Å². The number of piperazine rings is 1. The monoisotopic (exact) mass is 296 g/mol. The van der Waals surface area contributed by atoms with Crippen molar-refractivity contribution in [2.75, 3.05) is 31.1 Å². The van der Waals surface area contributed by atoms with Gasteiger partial charge in [0.2, 0.25) is 5.91 Å². The van der Waals surface area contributed by atoms with E-state index in [1.807, 2.05) is 17.0 Å². The lowest BCUT2D eigenvalue weighted by Gasteiger charge is -2.38. The second-order valence-corrected chi connectivity index (χ2v) is 6.20. The lowest BCUT2D eigenvalue weighted by Crippen LogP contribution is -2.51. The molecule has 2 fully saturated rings. The van der Waals surface area contributed by atoms with Crippen LogP contribution in [0, 0.1) is 5.92 Å². The Kier molecular flexibility index (Phi) is 3.41. The predicted octanol–water partition coefficient (Wildman–Crippen LogP) is 2.08. The summed E-state index contributed by atoms with van der Waals surface area (Å²) >= 11 is 0. The number of rotatable bonds is 2. The summed E-state index contributed by atoms with van der Waals surface area (Å²) in [5.74, 6) is 1.59. The Morgan fingerprint density at radius 1 is 1.09 bits per heavy atom. The number of benzene rings is 1. The first-order valence-corrected chi connectivity index (χ1v) is 8.07. The van der Waals surface area contributed by atoms with E-state index in [-0.39, 0.29) is 0 Å². The third-order valence-electron chi connectivity index (χ3n) is 4.90. The molecule has 0 N–H and O–H groups in total. The lowest BCUT2D eigenvalue weighted by atomic mass is 9.84. The fourth-order valence-electron chi connectivity index (χ4n) is 3.30. The molecule has 22 heavy (non-hydrogen) atoms. The van der Waals surface area contributed by atoms with Gasteiger partial charge in [-0.25, -0.2) is 0 Å². The number of fused-ring (bicyclic) bond motifs is 1. The van der Waals surface area contributed by atoms with Crippen LogP contribution in [0.5, 0.6) is 0 Å². The third kappa shape index (κ3) is 2.30. The van der Waals surface area contributed by atoms with E-state index < -0.39 is 0 Å². The van der Waals surface area contributed by atoms with Crippen molar-refractivity contribution in [1.29, 1.82) is 0 Å². The van der Waals surface area contributed by atoms with Crippen molar-refractivity contribution in [2.24, 2.45) is 5.92 Å². The van der Waals surface area contributed by atoms with Crippen LogP contribution in [-0.2, 0) is 4.79 Å². The average molecular weight is 296 g/mol. The molecule has 0 unspecified atom stereocenters. The van der Waals surface area contributed by atoms with E-state index in [0.717, 1.165) is 55.6 Å². The normalized spacial score (nSPS) is 19.3. The Labute approximate surface area is 129 Å². The molecule has 2 aliphatic rings. The Morgan fingerprint density at radius 2 is 1.86 bits per heavy atom. The van der Waals surface area contributed by atoms with Gasteiger partial charge in [0.05, 0.1) is 6.20 Å². The maximum absolute atomic E-state index is 12.3. The van der Waals surface area contributed by atoms with Gasteiger partial charge in [-0.15, -0.1) is 5.10 Å². The highest BCUT2D eigenvalue weighted by atomic mass is 16.2. The van der Waals surface area contributed by atoms with Crippen LogP contribution in [0.2, 0.25) is 0 Å². The zero-order valence-corrected chi connectivity index (χ0v) is 12.6. The van der Waals surface area contributed by atoms with Crippen molar-refractivity contribution in [1.82, 2.24) is 15.1 Å². The van der Waals surface area contributed by atoms with Crippen LogP contribution in [0.4, 0.5) is 5.82 Å². The van der Waals surface area contributed by atoms with Crippen molar-refractivity contribution in [3.8, 4) is 0 Å². The molecular formula is C17H20N4O. The Balaban J connectivity index is 1.49. The minimum Gasteiger partial charge on any atom is -0.351 e. The molecule has 0 spiro atoms. The smallest absolute Gasteiger partial charge is 0.225 e. The molecule has 5 nitrogen and oxygen atoms in total. The summed E-state index contributed by atoms with van der Waals surface area (Å²) in [5, 5.41) is 10.7. The molecule has 0 radical (unpaired) electrons. The standard InChI is InChI=1S/C17H20N4O/c22-17(13-5-3-6-13)21-10-8-20(9-11-21)16-15-7-2-1-4-14(15)12-18-19-16/h1-2,4,7,12-13H,3,5-6,8-11H2. The van der Waals surface area contributed by atoms with Crippen molar-refractivity contribution in [3.05, 3.63) is 30.5 Å². The number of aromatic nitrogens is 2. The molecule has 114 valence electrons. The number of carbonyl (C=O) groups excluding carboxylic acids is 1.